The molecule has 0 amide bonds. The van der Waals surface area contributed by atoms with Crippen LogP contribution in [0.15, 0.2) is 48.6 Å². The van der Waals surface area contributed by atoms with Crippen molar-refractivity contribution in [3.63, 3.8) is 0 Å². The smallest absolute Gasteiger partial charge is 0.130 e. The summed E-state index contributed by atoms with van der Waals surface area (Å²) in [6, 6.07) is 6.03. The zero-order valence-corrected chi connectivity index (χ0v) is 13.3. The minimum atomic E-state index is 0.548. The van der Waals surface area contributed by atoms with E-state index in [1.54, 1.807) is 11.3 Å². The van der Waals surface area contributed by atoms with Crippen LogP contribution in [0.5, 0.6) is 0 Å². The van der Waals surface area contributed by atoms with Gasteiger partial charge >= 0.3 is 0 Å². The largest absolute Gasteiger partial charge is 0.225 e. The Bertz CT molecular complexity index is 665. The summed E-state index contributed by atoms with van der Waals surface area (Å²) in [5.41, 5.74) is 1.22. The number of rotatable bonds is 5. The minimum Gasteiger partial charge on any atom is -0.225 e. The van der Waals surface area contributed by atoms with Gasteiger partial charge in [0, 0.05) is 10.3 Å². The molecule has 0 radical (unpaired) electrons. The van der Waals surface area contributed by atoms with Gasteiger partial charge in [0.2, 0.25) is 0 Å². The molecule has 0 fully saturated rings. The minimum absolute atomic E-state index is 0.548. The summed E-state index contributed by atoms with van der Waals surface area (Å²) in [6.07, 6.45) is 12.9. The molecule has 2 heterocycles. The normalized spacial score (nSPS) is 13.1. The fourth-order valence-electron chi connectivity index (χ4n) is 1.83. The molecule has 0 aliphatic rings. The van der Waals surface area contributed by atoms with Gasteiger partial charge in [0.1, 0.15) is 9.98 Å². The summed E-state index contributed by atoms with van der Waals surface area (Å²) in [7, 11) is 0. The summed E-state index contributed by atoms with van der Waals surface area (Å²) >= 11 is 7.63. The van der Waals surface area contributed by atoms with E-state index in [2.05, 4.69) is 42.3 Å². The number of aromatic nitrogens is 1. The van der Waals surface area contributed by atoms with Gasteiger partial charge in [0.05, 0.1) is 0 Å². The predicted octanol–water partition coefficient (Wildman–Crippen LogP) is 6.27. The molecule has 0 aliphatic heterocycles. The van der Waals surface area contributed by atoms with Crippen LogP contribution in [0.2, 0.25) is 5.15 Å². The molecule has 0 bridgehead atoms. The van der Waals surface area contributed by atoms with Crippen molar-refractivity contribution < 1.29 is 0 Å². The van der Waals surface area contributed by atoms with Gasteiger partial charge in [-0.15, -0.1) is 11.3 Å². The average molecular weight is 304 g/mol. The molecular weight excluding hydrogens is 286 g/mol. The number of unbranched alkanes of at least 4 members (excludes halogenated alkanes) is 1. The van der Waals surface area contributed by atoms with Crippen molar-refractivity contribution in [2.24, 2.45) is 0 Å². The quantitative estimate of drug-likeness (QED) is 0.469. The molecule has 2 rings (SSSR count). The van der Waals surface area contributed by atoms with Crippen molar-refractivity contribution in [1.82, 2.24) is 4.98 Å². The molecule has 0 aliphatic carbocycles. The summed E-state index contributed by atoms with van der Waals surface area (Å²) in [5.74, 6) is 0. The van der Waals surface area contributed by atoms with Crippen LogP contribution < -0.4 is 0 Å². The van der Waals surface area contributed by atoms with Crippen molar-refractivity contribution in [3.8, 4) is 0 Å². The lowest BCUT2D eigenvalue weighted by Crippen LogP contribution is -1.74. The van der Waals surface area contributed by atoms with Crippen LogP contribution in [0.1, 0.15) is 31.6 Å². The topological polar surface area (TPSA) is 12.9 Å². The van der Waals surface area contributed by atoms with Crippen molar-refractivity contribution in [3.05, 3.63) is 58.6 Å². The number of thiophene rings is 1. The van der Waals surface area contributed by atoms with Crippen molar-refractivity contribution in [2.45, 2.75) is 26.7 Å². The van der Waals surface area contributed by atoms with E-state index in [0.717, 1.165) is 23.1 Å². The standard InChI is InChI=1S/C17H18ClNS/c1-3-5-7-9-13(8-6-4-2)15-12-14-10-11-16(18)19-17(14)20-15/h4,6-12H,3,5H2,1-2H3/b6-4-,9-7+,13-8+. The van der Waals surface area contributed by atoms with Crippen molar-refractivity contribution in [1.29, 1.82) is 0 Å². The van der Waals surface area contributed by atoms with E-state index >= 15 is 0 Å². The van der Waals surface area contributed by atoms with Crippen LogP contribution >= 0.6 is 22.9 Å². The number of fused-ring (bicyclic) bond motifs is 1. The molecule has 0 unspecified atom stereocenters. The van der Waals surface area contributed by atoms with Crippen molar-refractivity contribution in [2.75, 3.05) is 0 Å². The highest BCUT2D eigenvalue weighted by Crippen LogP contribution is 2.31. The second kappa shape index (κ2) is 7.41. The zero-order valence-electron chi connectivity index (χ0n) is 11.8. The first kappa shape index (κ1) is 15.0. The molecule has 0 saturated heterocycles. The van der Waals surface area contributed by atoms with E-state index < -0.39 is 0 Å². The highest BCUT2D eigenvalue weighted by Gasteiger charge is 2.06. The van der Waals surface area contributed by atoms with Gasteiger partial charge in [-0.1, -0.05) is 55.3 Å². The Morgan fingerprint density at radius 1 is 1.40 bits per heavy atom. The zero-order chi connectivity index (χ0) is 14.4. The number of halogens is 1. The number of hydrogen-bond acceptors (Lipinski definition) is 2. The van der Waals surface area contributed by atoms with Gasteiger partial charge in [-0.2, -0.15) is 0 Å². The lowest BCUT2D eigenvalue weighted by molar-refractivity contribution is 0.959. The van der Waals surface area contributed by atoms with E-state index in [9.17, 15) is 0 Å². The molecule has 2 aromatic rings. The van der Waals surface area contributed by atoms with Gasteiger partial charge < -0.3 is 0 Å². The van der Waals surface area contributed by atoms with Crippen LogP contribution in [0, 0.1) is 0 Å². The fourth-order valence-corrected chi connectivity index (χ4v) is 3.07. The van der Waals surface area contributed by atoms with Gasteiger partial charge in [-0.25, -0.2) is 4.98 Å². The van der Waals surface area contributed by atoms with Crippen LogP contribution in [0.25, 0.3) is 15.8 Å². The molecule has 20 heavy (non-hydrogen) atoms. The average Bonchev–Trinajstić information content (AvgIpc) is 2.85. The van der Waals surface area contributed by atoms with E-state index in [0.29, 0.717) is 5.15 Å². The van der Waals surface area contributed by atoms with Crippen LogP contribution in [0.4, 0.5) is 0 Å². The second-order valence-electron chi connectivity index (χ2n) is 4.48. The third kappa shape index (κ3) is 3.81. The van der Waals surface area contributed by atoms with E-state index in [1.165, 1.54) is 10.5 Å². The molecule has 0 atom stereocenters. The third-order valence-electron chi connectivity index (χ3n) is 2.85. The van der Waals surface area contributed by atoms with Crippen LogP contribution in [-0.4, -0.2) is 4.98 Å². The Morgan fingerprint density at radius 3 is 3.00 bits per heavy atom. The van der Waals surface area contributed by atoms with Crippen LogP contribution in [0.3, 0.4) is 0 Å². The Labute approximate surface area is 129 Å². The monoisotopic (exact) mass is 303 g/mol. The second-order valence-corrected chi connectivity index (χ2v) is 5.90. The SMILES string of the molecule is C\C=C/C=C(\C=C\CCC)c1cc2ccc(Cl)nc2s1. The Kier molecular flexibility index (Phi) is 5.57. The Hall–Kier alpha value is -1.38. The van der Waals surface area contributed by atoms with E-state index in [1.807, 2.05) is 25.1 Å². The van der Waals surface area contributed by atoms with Crippen molar-refractivity contribution >= 4 is 38.7 Å². The maximum absolute atomic E-state index is 5.95. The fraction of sp³-hybridized carbons (Fsp3) is 0.235. The van der Waals surface area contributed by atoms with Gasteiger partial charge in [0.15, 0.2) is 0 Å². The van der Waals surface area contributed by atoms with E-state index in [4.69, 9.17) is 11.6 Å². The molecular formula is C17H18ClNS. The number of hydrogen-bond donors (Lipinski definition) is 0. The van der Waals surface area contributed by atoms with Gasteiger partial charge in [-0.05, 0) is 37.1 Å². The number of allylic oxidation sites excluding steroid dienone is 6. The first-order valence-electron chi connectivity index (χ1n) is 6.80. The molecule has 0 aromatic carbocycles. The molecule has 104 valence electrons. The predicted molar refractivity (Wildman–Crippen MR) is 91.5 cm³/mol. The van der Waals surface area contributed by atoms with Gasteiger partial charge in [0.25, 0.3) is 0 Å². The molecule has 0 N–H and O–H groups in total. The van der Waals surface area contributed by atoms with Gasteiger partial charge in [-0.3, -0.25) is 0 Å². The number of pyridine rings is 1. The molecule has 1 nitrogen and oxygen atoms in total. The summed E-state index contributed by atoms with van der Waals surface area (Å²) < 4.78 is 0. The Balaban J connectivity index is 2.40. The highest BCUT2D eigenvalue weighted by atomic mass is 35.5. The maximum atomic E-state index is 5.95. The number of nitrogens with zero attached hydrogens (tertiary/aromatic N) is 1. The summed E-state index contributed by atoms with van der Waals surface area (Å²) in [6.45, 7) is 4.21. The highest BCUT2D eigenvalue weighted by molar-refractivity contribution is 7.19. The lowest BCUT2D eigenvalue weighted by atomic mass is 10.1. The summed E-state index contributed by atoms with van der Waals surface area (Å²) in [5, 5.41) is 1.69. The Morgan fingerprint density at radius 2 is 2.25 bits per heavy atom. The van der Waals surface area contributed by atoms with E-state index in [-0.39, 0.29) is 0 Å². The molecule has 0 spiro atoms. The summed E-state index contributed by atoms with van der Waals surface area (Å²) in [4.78, 5) is 6.58. The first-order valence-corrected chi connectivity index (χ1v) is 8.00. The third-order valence-corrected chi connectivity index (χ3v) is 4.16. The van der Waals surface area contributed by atoms with Crippen LogP contribution in [-0.2, 0) is 0 Å². The molecule has 3 heteroatoms. The maximum Gasteiger partial charge on any atom is 0.130 e. The lowest BCUT2D eigenvalue weighted by Gasteiger charge is -1.96. The first-order chi connectivity index (χ1) is 9.74. The molecule has 2 aromatic heterocycles. The molecule has 0 saturated carbocycles.